The molecule has 5 nitrogen and oxygen atoms in total. The van der Waals surface area contributed by atoms with Gasteiger partial charge in [0.05, 0.1) is 11.9 Å². The first-order valence-corrected chi connectivity index (χ1v) is 9.84. The number of nitrogens with zero attached hydrogens (tertiary/aromatic N) is 2. The fourth-order valence-electron chi connectivity index (χ4n) is 3.07. The molecule has 7 heteroatoms. The van der Waals surface area contributed by atoms with Gasteiger partial charge in [-0.2, -0.15) is 0 Å². The predicted molar refractivity (Wildman–Crippen MR) is 96.1 cm³/mol. The van der Waals surface area contributed by atoms with Crippen LogP contribution in [0.2, 0.25) is 0 Å². The van der Waals surface area contributed by atoms with Crippen molar-refractivity contribution in [2.45, 2.75) is 13.3 Å². The van der Waals surface area contributed by atoms with Gasteiger partial charge in [-0.3, -0.25) is 9.10 Å². The third-order valence-corrected chi connectivity index (χ3v) is 5.46. The van der Waals surface area contributed by atoms with Gasteiger partial charge in [-0.05, 0) is 61.4 Å². The standard InChI is InChI=1S/C18H19FN2O3S/c1-3-20(16-7-5-15(19)6-8-16)18(22)14-4-9-17-13(12-14)10-11-21(17)25(2,23)24/h4-9,12H,3,10-11H2,1-2H3. The zero-order valence-corrected chi connectivity index (χ0v) is 14.9. The fourth-order valence-corrected chi connectivity index (χ4v) is 4.03. The second-order valence-corrected chi connectivity index (χ2v) is 7.86. The van der Waals surface area contributed by atoms with E-state index in [1.807, 2.05) is 6.92 Å². The van der Waals surface area contributed by atoms with Crippen molar-refractivity contribution in [3.63, 3.8) is 0 Å². The highest BCUT2D eigenvalue weighted by Crippen LogP contribution is 2.31. The molecule has 3 rings (SSSR count). The lowest BCUT2D eigenvalue weighted by Crippen LogP contribution is -2.30. The summed E-state index contributed by atoms with van der Waals surface area (Å²) in [5.41, 5.74) is 2.57. The number of rotatable bonds is 4. The Morgan fingerprint density at radius 3 is 2.48 bits per heavy atom. The lowest BCUT2D eigenvalue weighted by molar-refractivity contribution is 0.0988. The van der Waals surface area contributed by atoms with Gasteiger partial charge >= 0.3 is 0 Å². The Balaban J connectivity index is 1.92. The average Bonchev–Trinajstić information content (AvgIpc) is 3.00. The Kier molecular flexibility index (Phi) is 4.51. The Morgan fingerprint density at radius 2 is 1.88 bits per heavy atom. The maximum absolute atomic E-state index is 13.1. The molecule has 0 aliphatic carbocycles. The van der Waals surface area contributed by atoms with Crippen LogP contribution in [0.3, 0.4) is 0 Å². The molecule has 2 aromatic carbocycles. The Hall–Kier alpha value is -2.41. The first kappa shape index (κ1) is 17.4. The molecule has 132 valence electrons. The molecule has 2 aromatic rings. The SMILES string of the molecule is CCN(C(=O)c1ccc2c(c1)CCN2S(C)(=O)=O)c1ccc(F)cc1. The lowest BCUT2D eigenvalue weighted by Gasteiger charge is -2.22. The van der Waals surface area contributed by atoms with Gasteiger partial charge in [-0.1, -0.05) is 0 Å². The Bertz CT molecular complexity index is 910. The largest absolute Gasteiger partial charge is 0.309 e. The van der Waals surface area contributed by atoms with Gasteiger partial charge in [0.25, 0.3) is 5.91 Å². The van der Waals surface area contributed by atoms with E-state index in [0.717, 1.165) is 5.56 Å². The van der Waals surface area contributed by atoms with Crippen LogP contribution in [0.4, 0.5) is 15.8 Å². The van der Waals surface area contributed by atoms with Crippen molar-refractivity contribution < 1.29 is 17.6 Å². The first-order valence-electron chi connectivity index (χ1n) is 7.99. The quantitative estimate of drug-likeness (QED) is 0.840. The van der Waals surface area contributed by atoms with Crippen molar-refractivity contribution in [2.24, 2.45) is 0 Å². The monoisotopic (exact) mass is 362 g/mol. The smallest absolute Gasteiger partial charge is 0.258 e. The lowest BCUT2D eigenvalue weighted by atomic mass is 10.1. The van der Waals surface area contributed by atoms with E-state index in [-0.39, 0.29) is 11.7 Å². The molecule has 1 aliphatic rings. The number of fused-ring (bicyclic) bond motifs is 1. The second kappa shape index (κ2) is 6.48. The summed E-state index contributed by atoms with van der Waals surface area (Å²) in [5, 5.41) is 0. The molecule has 1 amide bonds. The van der Waals surface area contributed by atoms with Crippen LogP contribution in [-0.4, -0.2) is 33.7 Å². The fraction of sp³-hybridized carbons (Fsp3) is 0.278. The molecular weight excluding hydrogens is 343 g/mol. The summed E-state index contributed by atoms with van der Waals surface area (Å²) in [7, 11) is -3.31. The summed E-state index contributed by atoms with van der Waals surface area (Å²) < 4.78 is 38.1. The van der Waals surface area contributed by atoms with Crippen LogP contribution in [0.5, 0.6) is 0 Å². The van der Waals surface area contributed by atoms with Gasteiger partial charge < -0.3 is 4.90 Å². The summed E-state index contributed by atoms with van der Waals surface area (Å²) >= 11 is 0. The minimum atomic E-state index is -3.31. The van der Waals surface area contributed by atoms with Gasteiger partial charge in [0, 0.05) is 24.3 Å². The zero-order valence-electron chi connectivity index (χ0n) is 14.1. The highest BCUT2D eigenvalue weighted by atomic mass is 32.2. The summed E-state index contributed by atoms with van der Waals surface area (Å²) in [6, 6.07) is 10.8. The molecule has 25 heavy (non-hydrogen) atoms. The van der Waals surface area contributed by atoms with E-state index in [1.165, 1.54) is 22.7 Å². The molecule has 0 spiro atoms. The van der Waals surface area contributed by atoms with Crippen molar-refractivity contribution in [2.75, 3.05) is 28.6 Å². The molecule has 0 aromatic heterocycles. The van der Waals surface area contributed by atoms with Crippen LogP contribution in [0.15, 0.2) is 42.5 Å². The van der Waals surface area contributed by atoms with Gasteiger partial charge in [0.1, 0.15) is 5.82 Å². The van der Waals surface area contributed by atoms with Crippen LogP contribution < -0.4 is 9.21 Å². The van der Waals surface area contributed by atoms with Crippen molar-refractivity contribution in [1.29, 1.82) is 0 Å². The number of carbonyl (C=O) groups is 1. The number of hydrogen-bond donors (Lipinski definition) is 0. The highest BCUT2D eigenvalue weighted by Gasteiger charge is 2.27. The van der Waals surface area contributed by atoms with E-state index in [4.69, 9.17) is 0 Å². The van der Waals surface area contributed by atoms with Crippen molar-refractivity contribution in [3.8, 4) is 0 Å². The summed E-state index contributed by atoms with van der Waals surface area (Å²) in [6.07, 6.45) is 1.75. The highest BCUT2D eigenvalue weighted by molar-refractivity contribution is 7.92. The molecule has 1 heterocycles. The summed E-state index contributed by atoms with van der Waals surface area (Å²) in [5.74, 6) is -0.555. The van der Waals surface area contributed by atoms with Gasteiger partial charge in [-0.15, -0.1) is 0 Å². The molecule has 0 fully saturated rings. The number of anilines is 2. The number of halogens is 1. The van der Waals surface area contributed by atoms with E-state index in [1.54, 1.807) is 35.2 Å². The average molecular weight is 362 g/mol. The van der Waals surface area contributed by atoms with Crippen LogP contribution in [-0.2, 0) is 16.4 Å². The maximum Gasteiger partial charge on any atom is 0.258 e. The van der Waals surface area contributed by atoms with Crippen molar-refractivity contribution in [1.82, 2.24) is 0 Å². The van der Waals surface area contributed by atoms with Gasteiger partial charge in [0.2, 0.25) is 10.0 Å². The van der Waals surface area contributed by atoms with E-state index in [2.05, 4.69) is 0 Å². The summed E-state index contributed by atoms with van der Waals surface area (Å²) in [6.45, 7) is 2.68. The Labute approximate surface area is 146 Å². The van der Waals surface area contributed by atoms with Gasteiger partial charge in [0.15, 0.2) is 0 Å². The number of carbonyl (C=O) groups excluding carboxylic acids is 1. The topological polar surface area (TPSA) is 57.7 Å². The maximum atomic E-state index is 13.1. The number of sulfonamides is 1. The van der Waals surface area contributed by atoms with Crippen LogP contribution in [0.25, 0.3) is 0 Å². The minimum absolute atomic E-state index is 0.199. The van der Waals surface area contributed by atoms with Crippen molar-refractivity contribution >= 4 is 27.3 Å². The number of hydrogen-bond acceptors (Lipinski definition) is 3. The molecule has 0 bridgehead atoms. The molecule has 0 radical (unpaired) electrons. The predicted octanol–water partition coefficient (Wildman–Crippen LogP) is 2.81. The minimum Gasteiger partial charge on any atom is -0.309 e. The molecule has 1 aliphatic heterocycles. The van der Waals surface area contributed by atoms with E-state index < -0.39 is 10.0 Å². The summed E-state index contributed by atoms with van der Waals surface area (Å²) in [4.78, 5) is 14.4. The molecule has 0 unspecified atom stereocenters. The molecule has 0 saturated heterocycles. The molecular formula is C18H19FN2O3S. The zero-order chi connectivity index (χ0) is 18.2. The second-order valence-electron chi connectivity index (χ2n) is 5.95. The first-order chi connectivity index (χ1) is 11.8. The van der Waals surface area contributed by atoms with Crippen molar-refractivity contribution in [3.05, 3.63) is 59.4 Å². The van der Waals surface area contributed by atoms with E-state index in [9.17, 15) is 17.6 Å². The van der Waals surface area contributed by atoms with Crippen LogP contribution in [0.1, 0.15) is 22.8 Å². The van der Waals surface area contributed by atoms with E-state index >= 15 is 0 Å². The molecule has 0 atom stereocenters. The third kappa shape index (κ3) is 3.37. The normalized spacial score (nSPS) is 13.6. The number of benzene rings is 2. The van der Waals surface area contributed by atoms with E-state index in [0.29, 0.717) is 36.4 Å². The third-order valence-electron chi connectivity index (χ3n) is 4.28. The van der Waals surface area contributed by atoms with Crippen LogP contribution in [0, 0.1) is 5.82 Å². The van der Waals surface area contributed by atoms with Gasteiger partial charge in [-0.25, -0.2) is 12.8 Å². The Morgan fingerprint density at radius 1 is 1.20 bits per heavy atom. The van der Waals surface area contributed by atoms with Crippen LogP contribution >= 0.6 is 0 Å². The number of amides is 1. The molecule has 0 N–H and O–H groups in total. The molecule has 0 saturated carbocycles.